The highest BCUT2D eigenvalue weighted by molar-refractivity contribution is 8.03. The number of unbranched alkanes of at least 4 members (excludes halogenated alkanes) is 4. The minimum absolute atomic E-state index is 1.10. The average Bonchev–Trinajstić information content (AvgIpc) is 2.57. The second-order valence-corrected chi connectivity index (χ2v) is 6.38. The van der Waals surface area contributed by atoms with Gasteiger partial charge in [-0.25, -0.2) is 0 Å². The number of thioether (sulfide) groups is 1. The van der Waals surface area contributed by atoms with E-state index in [1.165, 1.54) is 49.0 Å². The molecule has 0 bridgehead atoms. The Morgan fingerprint density at radius 3 is 2.27 bits per heavy atom. The largest absolute Gasteiger partial charge is 0.0654 e. The molecular formula is C21H24S. The van der Waals surface area contributed by atoms with Gasteiger partial charge in [0.25, 0.3) is 0 Å². The summed E-state index contributed by atoms with van der Waals surface area (Å²) in [7, 11) is 0. The zero-order valence-corrected chi connectivity index (χ0v) is 14.2. The van der Waals surface area contributed by atoms with Gasteiger partial charge in [-0.2, -0.15) is 0 Å². The second-order valence-electron chi connectivity index (χ2n) is 5.50. The second kappa shape index (κ2) is 10.1. The number of rotatable bonds is 7. The highest BCUT2D eigenvalue weighted by Crippen LogP contribution is 2.15. The SMILES string of the molecule is CCCCCCCc1ccc(C#CSc2ccccc2)cc1. The zero-order valence-electron chi connectivity index (χ0n) is 13.3. The molecule has 0 saturated heterocycles. The fourth-order valence-electron chi connectivity index (χ4n) is 2.32. The van der Waals surface area contributed by atoms with Crippen LogP contribution in [0, 0.1) is 11.2 Å². The van der Waals surface area contributed by atoms with Crippen molar-refractivity contribution in [2.24, 2.45) is 0 Å². The summed E-state index contributed by atoms with van der Waals surface area (Å²) in [6.45, 7) is 2.26. The molecule has 0 radical (unpaired) electrons. The summed E-state index contributed by atoms with van der Waals surface area (Å²) in [6.07, 6.45) is 7.90. The fourth-order valence-corrected chi connectivity index (χ4v) is 2.90. The van der Waals surface area contributed by atoms with E-state index in [9.17, 15) is 0 Å². The quantitative estimate of drug-likeness (QED) is 0.328. The Labute approximate surface area is 139 Å². The summed E-state index contributed by atoms with van der Waals surface area (Å²) in [4.78, 5) is 1.19. The normalized spacial score (nSPS) is 10.0. The van der Waals surface area contributed by atoms with Crippen LogP contribution in [0.5, 0.6) is 0 Å². The third-order valence-corrected chi connectivity index (χ3v) is 4.34. The van der Waals surface area contributed by atoms with Crippen molar-refractivity contribution < 1.29 is 0 Å². The lowest BCUT2D eigenvalue weighted by molar-refractivity contribution is 0.632. The third-order valence-electron chi connectivity index (χ3n) is 3.63. The van der Waals surface area contributed by atoms with Crippen LogP contribution in [0.25, 0.3) is 0 Å². The summed E-state index contributed by atoms with van der Waals surface area (Å²) in [5.74, 6) is 3.22. The van der Waals surface area contributed by atoms with Crippen molar-refractivity contribution >= 4 is 11.8 Å². The van der Waals surface area contributed by atoms with Crippen LogP contribution in [-0.4, -0.2) is 0 Å². The minimum atomic E-state index is 1.10. The number of hydrogen-bond acceptors (Lipinski definition) is 1. The van der Waals surface area contributed by atoms with Gasteiger partial charge in [0.05, 0.1) is 0 Å². The Kier molecular flexibility index (Phi) is 7.70. The third kappa shape index (κ3) is 6.41. The van der Waals surface area contributed by atoms with Crippen LogP contribution < -0.4 is 0 Å². The average molecular weight is 308 g/mol. The van der Waals surface area contributed by atoms with Crippen LogP contribution in [-0.2, 0) is 6.42 Å². The summed E-state index contributed by atoms with van der Waals surface area (Å²) < 4.78 is 0. The maximum Gasteiger partial charge on any atom is 0.0254 e. The van der Waals surface area contributed by atoms with Gasteiger partial charge in [0.2, 0.25) is 0 Å². The fraction of sp³-hybridized carbons (Fsp3) is 0.333. The Hall–Kier alpha value is -1.65. The first kappa shape index (κ1) is 16.7. The van der Waals surface area contributed by atoms with Crippen molar-refractivity contribution in [2.45, 2.75) is 50.3 Å². The molecular weight excluding hydrogens is 284 g/mol. The maximum atomic E-state index is 3.22. The number of hydrogen-bond donors (Lipinski definition) is 0. The van der Waals surface area contributed by atoms with Gasteiger partial charge < -0.3 is 0 Å². The molecule has 0 aliphatic heterocycles. The van der Waals surface area contributed by atoms with Gasteiger partial charge in [0, 0.05) is 10.5 Å². The Morgan fingerprint density at radius 1 is 0.818 bits per heavy atom. The van der Waals surface area contributed by atoms with Crippen molar-refractivity contribution in [3.8, 4) is 11.2 Å². The molecule has 114 valence electrons. The van der Waals surface area contributed by atoms with Crippen molar-refractivity contribution in [3.05, 3.63) is 65.7 Å². The van der Waals surface area contributed by atoms with E-state index in [4.69, 9.17) is 0 Å². The monoisotopic (exact) mass is 308 g/mol. The molecule has 0 saturated carbocycles. The molecule has 0 nitrogen and oxygen atoms in total. The van der Waals surface area contributed by atoms with E-state index in [-0.39, 0.29) is 0 Å². The van der Waals surface area contributed by atoms with Crippen molar-refractivity contribution in [1.82, 2.24) is 0 Å². The maximum absolute atomic E-state index is 3.22. The van der Waals surface area contributed by atoms with Crippen LogP contribution in [0.1, 0.15) is 50.2 Å². The van der Waals surface area contributed by atoms with E-state index in [2.05, 4.69) is 54.5 Å². The van der Waals surface area contributed by atoms with Crippen molar-refractivity contribution in [3.63, 3.8) is 0 Å². The van der Waals surface area contributed by atoms with Gasteiger partial charge in [0.15, 0.2) is 0 Å². The first-order valence-corrected chi connectivity index (χ1v) is 9.02. The summed E-state index contributed by atoms with van der Waals surface area (Å²) in [5.41, 5.74) is 2.52. The molecule has 0 N–H and O–H groups in total. The smallest absolute Gasteiger partial charge is 0.0254 e. The topological polar surface area (TPSA) is 0 Å². The Morgan fingerprint density at radius 2 is 1.55 bits per heavy atom. The molecule has 0 amide bonds. The lowest BCUT2D eigenvalue weighted by Crippen LogP contribution is -1.86. The first-order chi connectivity index (χ1) is 10.9. The van der Waals surface area contributed by atoms with E-state index in [0.717, 1.165) is 5.56 Å². The molecule has 0 atom stereocenters. The lowest BCUT2D eigenvalue weighted by Gasteiger charge is -2.01. The van der Waals surface area contributed by atoms with E-state index >= 15 is 0 Å². The minimum Gasteiger partial charge on any atom is -0.0654 e. The van der Waals surface area contributed by atoms with E-state index in [1.54, 1.807) is 11.8 Å². The van der Waals surface area contributed by atoms with Crippen molar-refractivity contribution in [2.75, 3.05) is 0 Å². The van der Waals surface area contributed by atoms with Gasteiger partial charge in [0.1, 0.15) is 0 Å². The van der Waals surface area contributed by atoms with Crippen LogP contribution in [0.15, 0.2) is 59.5 Å². The predicted molar refractivity (Wildman–Crippen MR) is 98.1 cm³/mol. The highest BCUT2D eigenvalue weighted by atomic mass is 32.2. The van der Waals surface area contributed by atoms with Crippen LogP contribution in [0.4, 0.5) is 0 Å². The van der Waals surface area contributed by atoms with Crippen LogP contribution in [0.3, 0.4) is 0 Å². The van der Waals surface area contributed by atoms with E-state index < -0.39 is 0 Å². The molecule has 0 fully saturated rings. The van der Waals surface area contributed by atoms with Gasteiger partial charge in [-0.05, 0) is 59.7 Å². The van der Waals surface area contributed by atoms with E-state index in [1.807, 2.05) is 18.2 Å². The number of aryl methyl sites for hydroxylation is 1. The Balaban J connectivity index is 1.77. The molecule has 0 heterocycles. The number of benzene rings is 2. The lowest BCUT2D eigenvalue weighted by atomic mass is 10.0. The first-order valence-electron chi connectivity index (χ1n) is 8.20. The molecule has 0 aliphatic carbocycles. The van der Waals surface area contributed by atoms with Gasteiger partial charge >= 0.3 is 0 Å². The van der Waals surface area contributed by atoms with Crippen molar-refractivity contribution in [1.29, 1.82) is 0 Å². The summed E-state index contributed by atoms with van der Waals surface area (Å²) >= 11 is 1.58. The van der Waals surface area contributed by atoms with Crippen LogP contribution >= 0.6 is 11.8 Å². The van der Waals surface area contributed by atoms with Crippen LogP contribution in [0.2, 0.25) is 0 Å². The molecule has 0 aromatic heterocycles. The molecule has 22 heavy (non-hydrogen) atoms. The molecule has 2 aromatic rings. The summed E-state index contributed by atoms with van der Waals surface area (Å²) in [6, 6.07) is 19.0. The summed E-state index contributed by atoms with van der Waals surface area (Å²) in [5, 5.41) is 3.17. The predicted octanol–water partition coefficient (Wildman–Crippen LogP) is 6.30. The van der Waals surface area contributed by atoms with Gasteiger partial charge in [-0.3, -0.25) is 0 Å². The molecule has 0 spiro atoms. The standard InChI is InChI=1S/C21H24S/c1-2-3-4-5-7-10-19-13-15-20(16-14-19)17-18-22-21-11-8-6-9-12-21/h6,8-9,11-16H,2-5,7,10H2,1H3. The van der Waals surface area contributed by atoms with Gasteiger partial charge in [-0.1, -0.05) is 68.9 Å². The molecule has 2 aromatic carbocycles. The van der Waals surface area contributed by atoms with E-state index in [0.29, 0.717) is 0 Å². The van der Waals surface area contributed by atoms with Gasteiger partial charge in [-0.15, -0.1) is 0 Å². The molecule has 2 rings (SSSR count). The molecule has 1 heteroatoms. The zero-order chi connectivity index (χ0) is 15.5. The molecule has 0 unspecified atom stereocenters. The highest BCUT2D eigenvalue weighted by Gasteiger charge is 1.94. The Bertz CT molecular complexity index is 587. The molecule has 0 aliphatic rings.